The van der Waals surface area contributed by atoms with Gasteiger partial charge >= 0.3 is 0 Å². The van der Waals surface area contributed by atoms with Gasteiger partial charge in [0.1, 0.15) is 0 Å². The molecule has 1 unspecified atom stereocenters. The maximum absolute atomic E-state index is 12.4. The van der Waals surface area contributed by atoms with Crippen LogP contribution in [0.3, 0.4) is 0 Å². The van der Waals surface area contributed by atoms with Crippen molar-refractivity contribution < 1.29 is 9.59 Å². The number of carbonyl (C=O) groups excluding carboxylic acids is 2. The molecule has 1 atom stereocenters. The summed E-state index contributed by atoms with van der Waals surface area (Å²) >= 11 is 1.47. The van der Waals surface area contributed by atoms with Gasteiger partial charge in [-0.1, -0.05) is 37.1 Å². The van der Waals surface area contributed by atoms with Crippen LogP contribution in [0.25, 0.3) is 0 Å². The summed E-state index contributed by atoms with van der Waals surface area (Å²) in [5.74, 6) is -0.0181. The Bertz CT molecular complexity index is 744. The number of unbranched alkanes of at least 4 members (excludes halogenated alkanes) is 1. The minimum Gasteiger partial charge on any atom is -0.326 e. The Morgan fingerprint density at radius 1 is 1.04 bits per heavy atom. The van der Waals surface area contributed by atoms with Crippen LogP contribution in [-0.2, 0) is 9.59 Å². The van der Waals surface area contributed by atoms with Crippen molar-refractivity contribution >= 4 is 35.0 Å². The molecule has 138 valence electrons. The van der Waals surface area contributed by atoms with E-state index in [1.807, 2.05) is 62.4 Å². The molecule has 26 heavy (non-hydrogen) atoms. The summed E-state index contributed by atoms with van der Waals surface area (Å²) < 4.78 is 0. The topological polar surface area (TPSA) is 58.2 Å². The normalized spacial score (nSPS) is 11.7. The first-order valence-electron chi connectivity index (χ1n) is 8.92. The van der Waals surface area contributed by atoms with E-state index >= 15 is 0 Å². The van der Waals surface area contributed by atoms with E-state index in [4.69, 9.17) is 0 Å². The third-order valence-corrected chi connectivity index (χ3v) is 4.97. The molecule has 0 aliphatic heterocycles. The molecule has 2 rings (SSSR count). The molecule has 2 aromatic carbocycles. The van der Waals surface area contributed by atoms with Crippen LogP contribution in [0, 0.1) is 6.92 Å². The van der Waals surface area contributed by atoms with Crippen molar-refractivity contribution in [3.8, 4) is 0 Å². The molecule has 2 amide bonds. The molecule has 4 nitrogen and oxygen atoms in total. The van der Waals surface area contributed by atoms with Crippen LogP contribution in [0.5, 0.6) is 0 Å². The maximum atomic E-state index is 12.4. The molecule has 0 aromatic heterocycles. The molecule has 0 radical (unpaired) electrons. The highest BCUT2D eigenvalue weighted by molar-refractivity contribution is 8.00. The molecule has 2 aromatic rings. The van der Waals surface area contributed by atoms with Crippen LogP contribution in [-0.4, -0.2) is 17.1 Å². The summed E-state index contributed by atoms with van der Waals surface area (Å²) in [6.45, 7) is 5.95. The van der Waals surface area contributed by atoms with Crippen LogP contribution in [0.15, 0.2) is 53.4 Å². The van der Waals surface area contributed by atoms with Crippen molar-refractivity contribution in [1.29, 1.82) is 0 Å². The van der Waals surface area contributed by atoms with Crippen molar-refractivity contribution in [3.05, 3.63) is 54.1 Å². The Morgan fingerprint density at radius 2 is 1.77 bits per heavy atom. The first-order chi connectivity index (χ1) is 12.5. The summed E-state index contributed by atoms with van der Waals surface area (Å²) in [6, 6.07) is 15.4. The summed E-state index contributed by atoms with van der Waals surface area (Å²) in [6.07, 6.45) is 2.41. The van der Waals surface area contributed by atoms with Gasteiger partial charge < -0.3 is 10.6 Å². The molecule has 2 N–H and O–H groups in total. The number of hydrogen-bond donors (Lipinski definition) is 2. The number of benzene rings is 2. The molecule has 0 bridgehead atoms. The molecule has 0 spiro atoms. The zero-order chi connectivity index (χ0) is 18.9. The highest BCUT2D eigenvalue weighted by Gasteiger charge is 2.15. The van der Waals surface area contributed by atoms with Gasteiger partial charge in [0.2, 0.25) is 11.8 Å². The second-order valence-electron chi connectivity index (χ2n) is 6.29. The zero-order valence-corrected chi connectivity index (χ0v) is 16.4. The summed E-state index contributed by atoms with van der Waals surface area (Å²) in [5.41, 5.74) is 2.72. The van der Waals surface area contributed by atoms with E-state index in [1.165, 1.54) is 11.8 Å². The van der Waals surface area contributed by atoms with Crippen molar-refractivity contribution in [1.82, 2.24) is 0 Å². The number of nitrogens with one attached hydrogen (secondary N) is 2. The van der Waals surface area contributed by atoms with Crippen LogP contribution >= 0.6 is 11.8 Å². The third-order valence-electron chi connectivity index (χ3n) is 3.88. The lowest BCUT2D eigenvalue weighted by Gasteiger charge is -2.13. The largest absolute Gasteiger partial charge is 0.326 e. The monoisotopic (exact) mass is 370 g/mol. The Labute approximate surface area is 159 Å². The van der Waals surface area contributed by atoms with Gasteiger partial charge in [0.25, 0.3) is 0 Å². The fraction of sp³-hybridized carbons (Fsp3) is 0.333. The number of hydrogen-bond acceptors (Lipinski definition) is 3. The predicted octanol–water partition coefficient (Wildman–Crippen LogP) is 5.24. The second-order valence-corrected chi connectivity index (χ2v) is 7.71. The predicted molar refractivity (Wildman–Crippen MR) is 110 cm³/mol. The highest BCUT2D eigenvalue weighted by Crippen LogP contribution is 2.26. The first-order valence-corrected chi connectivity index (χ1v) is 9.80. The van der Waals surface area contributed by atoms with E-state index in [0.29, 0.717) is 6.42 Å². The van der Waals surface area contributed by atoms with Gasteiger partial charge in [0, 0.05) is 22.7 Å². The van der Waals surface area contributed by atoms with E-state index in [1.54, 1.807) is 0 Å². The van der Waals surface area contributed by atoms with Crippen molar-refractivity contribution in [2.75, 3.05) is 10.6 Å². The average molecular weight is 371 g/mol. The molecular formula is C21H26N2O2S. The summed E-state index contributed by atoms with van der Waals surface area (Å²) in [7, 11) is 0. The van der Waals surface area contributed by atoms with Crippen LogP contribution in [0.1, 0.15) is 38.7 Å². The lowest BCUT2D eigenvalue weighted by atomic mass is 10.2. The quantitative estimate of drug-likeness (QED) is 0.625. The molecule has 0 fully saturated rings. The van der Waals surface area contributed by atoms with Crippen molar-refractivity contribution in [2.24, 2.45) is 0 Å². The smallest absolute Gasteiger partial charge is 0.237 e. The van der Waals surface area contributed by atoms with Crippen LogP contribution in [0.2, 0.25) is 0 Å². The Hall–Kier alpha value is -2.27. The second kappa shape index (κ2) is 10.0. The first kappa shape index (κ1) is 20.0. The van der Waals surface area contributed by atoms with Crippen LogP contribution in [0.4, 0.5) is 11.4 Å². The van der Waals surface area contributed by atoms with E-state index < -0.39 is 0 Å². The molecule has 0 saturated heterocycles. The van der Waals surface area contributed by atoms with Crippen molar-refractivity contribution in [2.45, 2.75) is 50.2 Å². The Balaban J connectivity index is 1.92. The number of anilines is 2. The lowest BCUT2D eigenvalue weighted by molar-refractivity contribution is -0.116. The van der Waals surface area contributed by atoms with E-state index in [0.717, 1.165) is 34.7 Å². The molecular weight excluding hydrogens is 344 g/mol. The standard InChI is InChI=1S/C21H26N2O2S/c1-4-5-9-20(24)22-18-7-6-8-19(14-18)26-16(3)21(25)23-17-12-10-15(2)11-13-17/h6-8,10-14,16H,4-5,9H2,1-3H3,(H,22,24)(H,23,25). The van der Waals surface area contributed by atoms with Crippen LogP contribution < -0.4 is 10.6 Å². The lowest BCUT2D eigenvalue weighted by Crippen LogP contribution is -2.22. The van der Waals surface area contributed by atoms with Gasteiger partial charge in [-0.3, -0.25) is 9.59 Å². The molecule has 0 saturated carbocycles. The van der Waals surface area contributed by atoms with Gasteiger partial charge in [-0.2, -0.15) is 0 Å². The van der Waals surface area contributed by atoms with E-state index in [-0.39, 0.29) is 17.1 Å². The fourth-order valence-electron chi connectivity index (χ4n) is 2.35. The number of rotatable bonds is 8. The highest BCUT2D eigenvalue weighted by atomic mass is 32.2. The maximum Gasteiger partial charge on any atom is 0.237 e. The number of thioether (sulfide) groups is 1. The Morgan fingerprint density at radius 3 is 2.46 bits per heavy atom. The van der Waals surface area contributed by atoms with Crippen molar-refractivity contribution in [3.63, 3.8) is 0 Å². The average Bonchev–Trinajstić information content (AvgIpc) is 2.62. The SMILES string of the molecule is CCCCC(=O)Nc1cccc(SC(C)C(=O)Nc2ccc(C)cc2)c1. The summed E-state index contributed by atoms with van der Waals surface area (Å²) in [4.78, 5) is 25.2. The molecule has 0 heterocycles. The van der Waals surface area contributed by atoms with Gasteiger partial charge in [-0.15, -0.1) is 11.8 Å². The summed E-state index contributed by atoms with van der Waals surface area (Å²) in [5, 5.41) is 5.59. The Kier molecular flexibility index (Phi) is 7.73. The molecule has 0 aliphatic rings. The van der Waals surface area contributed by atoms with Gasteiger partial charge in [0.15, 0.2) is 0 Å². The minimum absolute atomic E-state index is 0.0270. The van der Waals surface area contributed by atoms with E-state index in [9.17, 15) is 9.59 Å². The number of amides is 2. The van der Waals surface area contributed by atoms with Gasteiger partial charge in [0.05, 0.1) is 5.25 Å². The molecule has 0 aliphatic carbocycles. The molecule has 5 heteroatoms. The number of aryl methyl sites for hydroxylation is 1. The van der Waals surface area contributed by atoms with Gasteiger partial charge in [-0.25, -0.2) is 0 Å². The third kappa shape index (κ3) is 6.56. The van der Waals surface area contributed by atoms with Gasteiger partial charge in [-0.05, 0) is 50.6 Å². The zero-order valence-electron chi connectivity index (χ0n) is 15.5. The minimum atomic E-state index is -0.248. The fourth-order valence-corrected chi connectivity index (χ4v) is 3.27. The van der Waals surface area contributed by atoms with E-state index in [2.05, 4.69) is 17.6 Å². The number of carbonyl (C=O) groups is 2.